The lowest BCUT2D eigenvalue weighted by Crippen LogP contribution is -1.96. The van der Waals surface area contributed by atoms with Crippen molar-refractivity contribution in [3.63, 3.8) is 0 Å². The van der Waals surface area contributed by atoms with Gasteiger partial charge in [-0.3, -0.25) is 5.10 Å². The first-order valence-corrected chi connectivity index (χ1v) is 5.19. The Hall–Kier alpha value is -1.75. The highest BCUT2D eigenvalue weighted by Crippen LogP contribution is 2.21. The lowest BCUT2D eigenvalue weighted by Gasteiger charge is -2.04. The van der Waals surface area contributed by atoms with Crippen LogP contribution in [0.1, 0.15) is 5.69 Å². The molecule has 1 aromatic heterocycles. The largest absolute Gasteiger partial charge is 0.497 e. The number of rotatable bonds is 2. The number of benzene rings is 1. The van der Waals surface area contributed by atoms with E-state index in [0.29, 0.717) is 4.77 Å². The molecule has 0 saturated carbocycles. The van der Waals surface area contributed by atoms with Crippen molar-refractivity contribution in [2.45, 2.75) is 6.92 Å². The van der Waals surface area contributed by atoms with Crippen LogP contribution in [0.5, 0.6) is 5.75 Å². The predicted molar refractivity (Wildman–Crippen MR) is 63.9 cm³/mol. The molecule has 5 heteroatoms. The number of aromatic amines is 1. The number of nitrogens with zero attached hydrogens (tertiary/aromatic N) is 2. The molecule has 0 amide bonds. The minimum atomic E-state index is 0.398. The molecule has 0 fully saturated rings. The number of hydrogen-bond acceptors (Lipinski definition) is 4. The molecule has 0 saturated heterocycles. The maximum absolute atomic E-state index is 5.09. The topological polar surface area (TPSA) is 50.8 Å². The first kappa shape index (κ1) is 10.8. The molecule has 0 aliphatic carbocycles. The van der Waals surface area contributed by atoms with E-state index >= 15 is 0 Å². The Bertz CT molecular complexity index is 548. The van der Waals surface area contributed by atoms with Crippen molar-refractivity contribution in [1.82, 2.24) is 15.2 Å². The lowest BCUT2D eigenvalue weighted by atomic mass is 10.1. The summed E-state index contributed by atoms with van der Waals surface area (Å²) in [6.07, 6.45) is 0. The molecule has 0 aliphatic rings. The fraction of sp³-hybridized carbons (Fsp3) is 0.182. The van der Waals surface area contributed by atoms with Gasteiger partial charge in [0.2, 0.25) is 4.77 Å². The zero-order valence-corrected chi connectivity index (χ0v) is 9.84. The molecule has 2 rings (SSSR count). The fourth-order valence-electron chi connectivity index (χ4n) is 1.44. The number of aryl methyl sites for hydroxylation is 1. The Morgan fingerprint density at radius 2 is 1.94 bits per heavy atom. The van der Waals surface area contributed by atoms with Gasteiger partial charge in [0.05, 0.1) is 12.8 Å². The summed E-state index contributed by atoms with van der Waals surface area (Å²) >= 11 is 4.90. The molecule has 0 bridgehead atoms. The van der Waals surface area contributed by atoms with E-state index < -0.39 is 0 Å². The van der Waals surface area contributed by atoms with Crippen LogP contribution in [-0.4, -0.2) is 22.3 Å². The van der Waals surface area contributed by atoms with E-state index in [0.717, 1.165) is 22.7 Å². The van der Waals surface area contributed by atoms with E-state index in [4.69, 9.17) is 17.0 Å². The highest BCUT2D eigenvalue weighted by molar-refractivity contribution is 7.71. The first-order valence-electron chi connectivity index (χ1n) is 4.78. The molecule has 4 nitrogen and oxygen atoms in total. The minimum absolute atomic E-state index is 0.398. The zero-order valence-electron chi connectivity index (χ0n) is 9.02. The number of H-pyrrole nitrogens is 1. The van der Waals surface area contributed by atoms with Crippen LogP contribution in [0.3, 0.4) is 0 Å². The zero-order chi connectivity index (χ0) is 11.5. The molecule has 0 radical (unpaired) electrons. The highest BCUT2D eigenvalue weighted by Gasteiger charge is 2.04. The number of ether oxygens (including phenoxy) is 1. The Morgan fingerprint density at radius 1 is 1.25 bits per heavy atom. The van der Waals surface area contributed by atoms with Gasteiger partial charge in [-0.2, -0.15) is 5.10 Å². The van der Waals surface area contributed by atoms with Crippen LogP contribution in [0.2, 0.25) is 0 Å². The number of nitrogens with one attached hydrogen (secondary N) is 1. The van der Waals surface area contributed by atoms with E-state index in [1.807, 2.05) is 31.2 Å². The number of hydrogen-bond donors (Lipinski definition) is 1. The third-order valence-corrected chi connectivity index (χ3v) is 2.42. The van der Waals surface area contributed by atoms with Gasteiger partial charge in [-0.05, 0) is 43.4 Å². The molecule has 2 aromatic rings. The van der Waals surface area contributed by atoms with Crippen LogP contribution in [0, 0.1) is 11.7 Å². The van der Waals surface area contributed by atoms with Crippen LogP contribution >= 0.6 is 12.2 Å². The smallest absolute Gasteiger partial charge is 0.213 e. The van der Waals surface area contributed by atoms with Gasteiger partial charge >= 0.3 is 0 Å². The molecule has 1 N–H and O–H groups in total. The summed E-state index contributed by atoms with van der Waals surface area (Å²) < 4.78 is 5.49. The second kappa shape index (κ2) is 4.40. The Morgan fingerprint density at radius 3 is 2.50 bits per heavy atom. The summed E-state index contributed by atoms with van der Waals surface area (Å²) in [5.74, 6) is 0.818. The molecule has 0 atom stereocenters. The molecule has 1 heterocycles. The van der Waals surface area contributed by atoms with Gasteiger partial charge in [0.1, 0.15) is 11.4 Å². The predicted octanol–water partition coefficient (Wildman–Crippen LogP) is 2.52. The quantitative estimate of drug-likeness (QED) is 0.810. The summed E-state index contributed by atoms with van der Waals surface area (Å²) in [4.78, 5) is 4.16. The average molecular weight is 233 g/mol. The van der Waals surface area contributed by atoms with Gasteiger partial charge in [-0.25, -0.2) is 4.98 Å². The van der Waals surface area contributed by atoms with Crippen LogP contribution in [-0.2, 0) is 0 Å². The summed E-state index contributed by atoms with van der Waals surface area (Å²) in [6, 6.07) is 7.65. The van der Waals surface area contributed by atoms with Crippen molar-refractivity contribution in [1.29, 1.82) is 0 Å². The van der Waals surface area contributed by atoms with Crippen LogP contribution in [0.4, 0.5) is 0 Å². The first-order chi connectivity index (χ1) is 7.70. The molecular formula is C11H11N3OS. The van der Waals surface area contributed by atoms with Crippen molar-refractivity contribution < 1.29 is 4.74 Å². The van der Waals surface area contributed by atoms with Gasteiger partial charge < -0.3 is 4.74 Å². The molecule has 0 aliphatic heterocycles. The molecule has 0 unspecified atom stereocenters. The van der Waals surface area contributed by atoms with Crippen molar-refractivity contribution in [3.05, 3.63) is 34.7 Å². The monoisotopic (exact) mass is 233 g/mol. The Balaban J connectivity index is 2.46. The number of methoxy groups -OCH3 is 1. The van der Waals surface area contributed by atoms with Crippen LogP contribution < -0.4 is 4.74 Å². The second-order valence-corrected chi connectivity index (χ2v) is 3.69. The Labute approximate surface area is 98.3 Å². The standard InChI is InChI=1S/C11H11N3OS/c1-7-10(13-14-11(16)12-7)8-3-5-9(15-2)6-4-8/h3-6H,1-2H3,(H,12,14,16). The Kier molecular flexibility index (Phi) is 2.96. The van der Waals surface area contributed by atoms with Crippen molar-refractivity contribution >= 4 is 12.2 Å². The average Bonchev–Trinajstić information content (AvgIpc) is 2.29. The SMILES string of the molecule is COc1ccc(-c2n[nH]c(=S)nc2C)cc1. The van der Waals surface area contributed by atoms with Crippen molar-refractivity contribution in [2.24, 2.45) is 0 Å². The van der Waals surface area contributed by atoms with Gasteiger partial charge in [-0.1, -0.05) is 0 Å². The van der Waals surface area contributed by atoms with Gasteiger partial charge in [0.25, 0.3) is 0 Å². The van der Waals surface area contributed by atoms with Crippen LogP contribution in [0.25, 0.3) is 11.3 Å². The second-order valence-electron chi connectivity index (χ2n) is 3.30. The summed E-state index contributed by atoms with van der Waals surface area (Å²) in [7, 11) is 1.64. The van der Waals surface area contributed by atoms with Gasteiger partial charge in [0.15, 0.2) is 0 Å². The molecule has 82 valence electrons. The normalized spacial score (nSPS) is 10.1. The van der Waals surface area contributed by atoms with Gasteiger partial charge in [0, 0.05) is 5.56 Å². The molecular weight excluding hydrogens is 222 g/mol. The minimum Gasteiger partial charge on any atom is -0.497 e. The molecule has 16 heavy (non-hydrogen) atoms. The van der Waals surface area contributed by atoms with Crippen LogP contribution in [0.15, 0.2) is 24.3 Å². The highest BCUT2D eigenvalue weighted by atomic mass is 32.1. The van der Waals surface area contributed by atoms with E-state index in [-0.39, 0.29) is 0 Å². The lowest BCUT2D eigenvalue weighted by molar-refractivity contribution is 0.415. The maximum Gasteiger partial charge on any atom is 0.213 e. The third-order valence-electron chi connectivity index (χ3n) is 2.24. The van der Waals surface area contributed by atoms with E-state index in [2.05, 4.69) is 15.2 Å². The van der Waals surface area contributed by atoms with Crippen molar-refractivity contribution in [3.8, 4) is 17.0 Å². The summed E-state index contributed by atoms with van der Waals surface area (Å²) in [5, 5.41) is 6.86. The fourth-order valence-corrected chi connectivity index (χ4v) is 1.62. The summed E-state index contributed by atoms with van der Waals surface area (Å²) in [5.41, 5.74) is 2.60. The van der Waals surface area contributed by atoms with Gasteiger partial charge in [-0.15, -0.1) is 0 Å². The summed E-state index contributed by atoms with van der Waals surface area (Å²) in [6.45, 7) is 1.89. The molecule has 1 aromatic carbocycles. The number of aromatic nitrogens is 3. The maximum atomic E-state index is 5.09. The van der Waals surface area contributed by atoms with Crippen molar-refractivity contribution in [2.75, 3.05) is 7.11 Å². The molecule has 0 spiro atoms. The van der Waals surface area contributed by atoms with E-state index in [1.54, 1.807) is 7.11 Å². The third kappa shape index (κ3) is 2.09. The van der Waals surface area contributed by atoms with E-state index in [1.165, 1.54) is 0 Å². The van der Waals surface area contributed by atoms with E-state index in [9.17, 15) is 0 Å².